The van der Waals surface area contributed by atoms with Gasteiger partial charge in [-0.25, -0.2) is 4.68 Å². The minimum absolute atomic E-state index is 0.0663. The maximum absolute atomic E-state index is 12.8. The molecule has 0 unspecified atom stereocenters. The van der Waals surface area contributed by atoms with E-state index in [-0.39, 0.29) is 5.91 Å². The molecule has 0 atom stereocenters. The Bertz CT molecular complexity index is 1020. The van der Waals surface area contributed by atoms with Crippen LogP contribution < -0.4 is 0 Å². The second kappa shape index (κ2) is 9.47. The van der Waals surface area contributed by atoms with E-state index >= 15 is 0 Å². The number of benzene rings is 2. The topological polar surface area (TPSA) is 67.2 Å². The Morgan fingerprint density at radius 1 is 0.906 bits per heavy atom. The first-order valence-corrected chi connectivity index (χ1v) is 10.4. The molecule has 2 aromatic carbocycles. The molecule has 7 nitrogen and oxygen atoms in total. The molecule has 2 heterocycles. The highest BCUT2D eigenvalue weighted by molar-refractivity contribution is 5.78. The van der Waals surface area contributed by atoms with Crippen molar-refractivity contribution in [2.24, 2.45) is 0 Å². The van der Waals surface area contributed by atoms with Crippen LogP contribution in [0, 0.1) is 0 Å². The third kappa shape index (κ3) is 5.50. The Balaban J connectivity index is 1.29. The van der Waals surface area contributed by atoms with Crippen LogP contribution in [0.15, 0.2) is 54.9 Å². The van der Waals surface area contributed by atoms with Gasteiger partial charge in [-0.3, -0.25) is 9.69 Å². The van der Waals surface area contributed by atoms with E-state index in [9.17, 15) is 18.0 Å². The predicted octanol–water partition coefficient (Wildman–Crippen LogP) is 2.96. The monoisotopic (exact) mass is 444 g/mol. The lowest BCUT2D eigenvalue weighted by atomic mass is 10.1. The van der Waals surface area contributed by atoms with E-state index in [1.54, 1.807) is 4.68 Å². The first kappa shape index (κ1) is 21.9. The van der Waals surface area contributed by atoms with Crippen LogP contribution in [0.2, 0.25) is 0 Å². The zero-order valence-corrected chi connectivity index (χ0v) is 17.4. The standard InChI is InChI=1S/C22H23F3N6O/c23-22(24,25)19-6-2-18(3-7-19)15-29-10-1-11-30(13-12-29)21(32)14-17-4-8-20(9-5-17)31-16-26-27-28-31/h2-9,16H,1,10-15H2. The molecule has 1 aliphatic heterocycles. The summed E-state index contributed by atoms with van der Waals surface area (Å²) in [6, 6.07) is 12.8. The molecule has 1 fully saturated rings. The highest BCUT2D eigenvalue weighted by Gasteiger charge is 2.30. The van der Waals surface area contributed by atoms with E-state index < -0.39 is 11.7 Å². The zero-order valence-electron chi connectivity index (χ0n) is 17.4. The first-order chi connectivity index (χ1) is 15.4. The van der Waals surface area contributed by atoms with Gasteiger partial charge in [0.15, 0.2) is 0 Å². The Labute approximate surface area is 183 Å². The number of amides is 1. The van der Waals surface area contributed by atoms with Crippen molar-refractivity contribution >= 4 is 5.91 Å². The Kier molecular flexibility index (Phi) is 6.50. The Morgan fingerprint density at radius 3 is 2.28 bits per heavy atom. The second-order valence-electron chi connectivity index (χ2n) is 7.80. The van der Waals surface area contributed by atoms with Gasteiger partial charge >= 0.3 is 6.18 Å². The number of hydrogen-bond donors (Lipinski definition) is 0. The van der Waals surface area contributed by atoms with Gasteiger partial charge in [0.1, 0.15) is 6.33 Å². The Hall–Kier alpha value is -3.27. The molecule has 0 aliphatic carbocycles. The summed E-state index contributed by atoms with van der Waals surface area (Å²) in [4.78, 5) is 16.8. The van der Waals surface area contributed by atoms with E-state index in [0.29, 0.717) is 32.6 Å². The van der Waals surface area contributed by atoms with Crippen molar-refractivity contribution < 1.29 is 18.0 Å². The number of hydrogen-bond acceptors (Lipinski definition) is 5. The van der Waals surface area contributed by atoms with Crippen LogP contribution >= 0.6 is 0 Å². The van der Waals surface area contributed by atoms with Crippen molar-refractivity contribution in [3.05, 3.63) is 71.5 Å². The van der Waals surface area contributed by atoms with Crippen molar-refractivity contribution in [1.29, 1.82) is 0 Å². The molecule has 1 aromatic heterocycles. The summed E-state index contributed by atoms with van der Waals surface area (Å²) < 4.78 is 39.7. The number of tetrazole rings is 1. The maximum Gasteiger partial charge on any atom is 0.416 e. The van der Waals surface area contributed by atoms with E-state index in [4.69, 9.17) is 0 Å². The van der Waals surface area contributed by atoms with Crippen LogP contribution in [-0.4, -0.2) is 62.1 Å². The minimum Gasteiger partial charge on any atom is -0.341 e. The summed E-state index contributed by atoms with van der Waals surface area (Å²) >= 11 is 0. The van der Waals surface area contributed by atoms with E-state index in [2.05, 4.69) is 20.4 Å². The molecule has 32 heavy (non-hydrogen) atoms. The van der Waals surface area contributed by atoms with Gasteiger partial charge in [0.2, 0.25) is 5.91 Å². The SMILES string of the molecule is O=C(Cc1ccc(-n2cnnn2)cc1)N1CCCN(Cc2ccc(C(F)(F)F)cc2)CC1. The molecule has 0 bridgehead atoms. The normalized spacial score (nSPS) is 15.5. The fraction of sp³-hybridized carbons (Fsp3) is 0.364. The second-order valence-corrected chi connectivity index (χ2v) is 7.80. The first-order valence-electron chi connectivity index (χ1n) is 10.4. The average molecular weight is 444 g/mol. The van der Waals surface area contributed by atoms with Gasteiger partial charge in [0.05, 0.1) is 17.7 Å². The molecule has 168 valence electrons. The van der Waals surface area contributed by atoms with E-state index in [0.717, 1.165) is 41.9 Å². The number of alkyl halides is 3. The summed E-state index contributed by atoms with van der Waals surface area (Å²) in [6.07, 6.45) is -1.68. The van der Waals surface area contributed by atoms with Crippen molar-refractivity contribution in [3.63, 3.8) is 0 Å². The van der Waals surface area contributed by atoms with Crippen LogP contribution in [0.25, 0.3) is 5.69 Å². The third-order valence-electron chi connectivity index (χ3n) is 5.53. The summed E-state index contributed by atoms with van der Waals surface area (Å²) in [5, 5.41) is 11.1. The van der Waals surface area contributed by atoms with Gasteiger partial charge in [-0.2, -0.15) is 13.2 Å². The van der Waals surface area contributed by atoms with Crippen molar-refractivity contribution in [1.82, 2.24) is 30.0 Å². The number of carbonyl (C=O) groups is 1. The molecule has 1 saturated heterocycles. The number of nitrogens with zero attached hydrogens (tertiary/aromatic N) is 6. The number of rotatable bonds is 5. The summed E-state index contributed by atoms with van der Waals surface area (Å²) in [7, 11) is 0. The predicted molar refractivity (Wildman–Crippen MR) is 111 cm³/mol. The number of halogens is 3. The highest BCUT2D eigenvalue weighted by atomic mass is 19.4. The van der Waals surface area contributed by atoms with E-state index in [1.807, 2.05) is 29.2 Å². The zero-order chi connectivity index (χ0) is 22.6. The molecule has 10 heteroatoms. The van der Waals surface area contributed by atoms with Crippen molar-refractivity contribution in [3.8, 4) is 5.69 Å². The van der Waals surface area contributed by atoms with E-state index in [1.165, 1.54) is 18.5 Å². The molecular weight excluding hydrogens is 421 g/mol. The minimum atomic E-state index is -4.32. The molecule has 1 amide bonds. The molecule has 1 aliphatic rings. The summed E-state index contributed by atoms with van der Waals surface area (Å²) in [6.45, 7) is 3.32. The lowest BCUT2D eigenvalue weighted by Gasteiger charge is -2.22. The molecule has 0 spiro atoms. The third-order valence-corrected chi connectivity index (χ3v) is 5.53. The van der Waals surface area contributed by atoms with Crippen LogP contribution in [0.5, 0.6) is 0 Å². The summed E-state index contributed by atoms with van der Waals surface area (Å²) in [5.74, 6) is 0.0663. The molecule has 0 radical (unpaired) electrons. The molecule has 3 aromatic rings. The largest absolute Gasteiger partial charge is 0.416 e. The molecular formula is C22H23F3N6O. The quantitative estimate of drug-likeness (QED) is 0.606. The smallest absolute Gasteiger partial charge is 0.341 e. The lowest BCUT2D eigenvalue weighted by Crippen LogP contribution is -2.36. The fourth-order valence-electron chi connectivity index (χ4n) is 3.77. The van der Waals surface area contributed by atoms with Gasteiger partial charge in [0, 0.05) is 32.7 Å². The van der Waals surface area contributed by atoms with Gasteiger partial charge in [-0.1, -0.05) is 24.3 Å². The highest BCUT2D eigenvalue weighted by Crippen LogP contribution is 2.29. The molecule has 0 saturated carbocycles. The van der Waals surface area contributed by atoms with Crippen LogP contribution in [0.1, 0.15) is 23.1 Å². The van der Waals surface area contributed by atoms with Gasteiger partial charge in [-0.15, -0.1) is 5.10 Å². The molecule has 4 rings (SSSR count). The average Bonchev–Trinajstić information content (AvgIpc) is 3.21. The number of carbonyl (C=O) groups excluding carboxylic acids is 1. The van der Waals surface area contributed by atoms with Crippen molar-refractivity contribution in [2.75, 3.05) is 26.2 Å². The number of aromatic nitrogens is 4. The Morgan fingerprint density at radius 2 is 1.62 bits per heavy atom. The van der Waals surface area contributed by atoms with Crippen LogP contribution in [0.4, 0.5) is 13.2 Å². The van der Waals surface area contributed by atoms with Gasteiger partial charge < -0.3 is 4.90 Å². The summed E-state index contributed by atoms with van der Waals surface area (Å²) in [5.41, 5.74) is 1.93. The van der Waals surface area contributed by atoms with Crippen LogP contribution in [-0.2, 0) is 23.9 Å². The van der Waals surface area contributed by atoms with Gasteiger partial charge in [0.25, 0.3) is 0 Å². The van der Waals surface area contributed by atoms with Crippen LogP contribution in [0.3, 0.4) is 0 Å². The maximum atomic E-state index is 12.8. The lowest BCUT2D eigenvalue weighted by molar-refractivity contribution is -0.137. The van der Waals surface area contributed by atoms with Gasteiger partial charge in [-0.05, 0) is 52.2 Å². The molecule has 0 N–H and O–H groups in total. The fourth-order valence-corrected chi connectivity index (χ4v) is 3.77. The van der Waals surface area contributed by atoms with Crippen molar-refractivity contribution in [2.45, 2.75) is 25.6 Å².